The predicted octanol–water partition coefficient (Wildman–Crippen LogP) is 1.62. The van der Waals surface area contributed by atoms with Crippen LogP contribution in [-0.4, -0.2) is 22.2 Å². The van der Waals surface area contributed by atoms with Crippen molar-refractivity contribution in [2.24, 2.45) is 7.05 Å². The van der Waals surface area contributed by atoms with Gasteiger partial charge in [0.15, 0.2) is 0 Å². The minimum absolute atomic E-state index is 0.189. The van der Waals surface area contributed by atoms with Gasteiger partial charge >= 0.3 is 0 Å². The third-order valence-electron chi connectivity index (χ3n) is 2.65. The quantitative estimate of drug-likeness (QED) is 0.800. The maximum atomic E-state index is 12.1. The molecular formula is C15H14N2O2. The summed E-state index contributed by atoms with van der Waals surface area (Å²) in [7, 11) is 1.81. The summed E-state index contributed by atoms with van der Waals surface area (Å²) >= 11 is 0. The van der Waals surface area contributed by atoms with E-state index in [0.29, 0.717) is 16.9 Å². The van der Waals surface area contributed by atoms with Gasteiger partial charge in [-0.15, -0.1) is 0 Å². The molecule has 4 heteroatoms. The fraction of sp³-hybridized carbons (Fsp3) is 0.133. The number of anilines is 1. The van der Waals surface area contributed by atoms with Crippen molar-refractivity contribution in [3.05, 3.63) is 53.9 Å². The molecule has 0 radical (unpaired) electrons. The Morgan fingerprint density at radius 2 is 2.11 bits per heavy atom. The highest BCUT2D eigenvalue weighted by Gasteiger charge is 2.10. The first kappa shape index (κ1) is 12.9. The lowest BCUT2D eigenvalue weighted by molar-refractivity contribution is 0.101. The van der Waals surface area contributed by atoms with Crippen molar-refractivity contribution in [3.8, 4) is 11.8 Å². The van der Waals surface area contributed by atoms with Crippen LogP contribution >= 0.6 is 0 Å². The van der Waals surface area contributed by atoms with Crippen molar-refractivity contribution in [2.45, 2.75) is 0 Å². The van der Waals surface area contributed by atoms with Gasteiger partial charge < -0.3 is 15.0 Å². The summed E-state index contributed by atoms with van der Waals surface area (Å²) in [6.07, 6.45) is 1.81. The molecule has 0 bridgehead atoms. The second-order valence-electron chi connectivity index (χ2n) is 3.96. The Balaban J connectivity index is 2.24. The molecule has 1 aromatic carbocycles. The summed E-state index contributed by atoms with van der Waals surface area (Å²) < 4.78 is 1.75. The zero-order chi connectivity index (χ0) is 13.7. The molecule has 1 aromatic heterocycles. The summed E-state index contributed by atoms with van der Waals surface area (Å²) in [4.78, 5) is 12.1. The van der Waals surface area contributed by atoms with E-state index in [1.165, 1.54) is 0 Å². The standard InChI is InChI=1S/C15H14N2O2/c1-17-10-4-9-14(17)15(19)16-13-8-3-2-6-12(13)7-5-11-18/h2-4,6,8-10,18H,11H2,1H3,(H,16,19). The van der Waals surface area contributed by atoms with Crippen molar-refractivity contribution in [1.82, 2.24) is 4.57 Å². The lowest BCUT2D eigenvalue weighted by Crippen LogP contribution is -2.16. The van der Waals surface area contributed by atoms with Gasteiger partial charge in [-0.1, -0.05) is 24.0 Å². The van der Waals surface area contributed by atoms with Crippen LogP contribution in [0.3, 0.4) is 0 Å². The van der Waals surface area contributed by atoms with E-state index in [1.807, 2.05) is 31.4 Å². The number of carbonyl (C=O) groups excluding carboxylic acids is 1. The maximum Gasteiger partial charge on any atom is 0.272 e. The van der Waals surface area contributed by atoms with E-state index in [9.17, 15) is 4.79 Å². The van der Waals surface area contributed by atoms with Crippen molar-refractivity contribution in [1.29, 1.82) is 0 Å². The maximum absolute atomic E-state index is 12.1. The minimum Gasteiger partial charge on any atom is -0.384 e. The van der Waals surface area contributed by atoms with Gasteiger partial charge in [0.25, 0.3) is 5.91 Å². The van der Waals surface area contributed by atoms with Crippen LogP contribution in [-0.2, 0) is 7.05 Å². The molecule has 0 fully saturated rings. The zero-order valence-electron chi connectivity index (χ0n) is 10.6. The van der Waals surface area contributed by atoms with Crippen LogP contribution in [0.1, 0.15) is 16.1 Å². The highest BCUT2D eigenvalue weighted by atomic mass is 16.2. The molecule has 96 valence electrons. The lowest BCUT2D eigenvalue weighted by Gasteiger charge is -2.08. The molecule has 0 aliphatic heterocycles. The third-order valence-corrected chi connectivity index (χ3v) is 2.65. The largest absolute Gasteiger partial charge is 0.384 e. The van der Waals surface area contributed by atoms with E-state index in [1.54, 1.807) is 22.8 Å². The number of carbonyl (C=O) groups is 1. The summed E-state index contributed by atoms with van der Waals surface area (Å²) in [5.41, 5.74) is 1.89. The topological polar surface area (TPSA) is 54.3 Å². The van der Waals surface area contributed by atoms with Gasteiger partial charge in [0, 0.05) is 18.8 Å². The molecule has 0 spiro atoms. The number of hydrogen-bond acceptors (Lipinski definition) is 2. The molecule has 0 aliphatic rings. The molecule has 4 nitrogen and oxygen atoms in total. The number of benzene rings is 1. The van der Waals surface area contributed by atoms with E-state index in [-0.39, 0.29) is 12.5 Å². The highest BCUT2D eigenvalue weighted by molar-refractivity contribution is 6.03. The monoisotopic (exact) mass is 254 g/mol. The number of aromatic nitrogens is 1. The second-order valence-corrected chi connectivity index (χ2v) is 3.96. The molecule has 1 amide bonds. The van der Waals surface area contributed by atoms with Gasteiger partial charge in [-0.3, -0.25) is 4.79 Å². The van der Waals surface area contributed by atoms with E-state index in [4.69, 9.17) is 5.11 Å². The summed E-state index contributed by atoms with van der Waals surface area (Å²) in [6.45, 7) is -0.208. The third kappa shape index (κ3) is 3.03. The summed E-state index contributed by atoms with van der Waals surface area (Å²) in [6, 6.07) is 10.8. The first-order valence-electron chi connectivity index (χ1n) is 5.84. The number of nitrogens with zero attached hydrogens (tertiary/aromatic N) is 1. The Hall–Kier alpha value is -2.51. The molecular weight excluding hydrogens is 240 g/mol. The van der Waals surface area contributed by atoms with Crippen molar-refractivity contribution in [3.63, 3.8) is 0 Å². The average Bonchev–Trinajstić information content (AvgIpc) is 2.84. The fourth-order valence-electron chi connectivity index (χ4n) is 1.72. The number of nitrogens with one attached hydrogen (secondary N) is 1. The van der Waals surface area contributed by atoms with E-state index >= 15 is 0 Å². The number of para-hydroxylation sites is 1. The highest BCUT2D eigenvalue weighted by Crippen LogP contribution is 2.15. The van der Waals surface area contributed by atoms with Gasteiger partial charge in [0.05, 0.1) is 5.69 Å². The Labute approximate surface area is 111 Å². The van der Waals surface area contributed by atoms with Crippen molar-refractivity contribution < 1.29 is 9.90 Å². The minimum atomic E-state index is -0.208. The molecule has 0 saturated heterocycles. The molecule has 2 rings (SSSR count). The average molecular weight is 254 g/mol. The molecule has 19 heavy (non-hydrogen) atoms. The first-order chi connectivity index (χ1) is 9.22. The number of hydrogen-bond donors (Lipinski definition) is 2. The molecule has 1 heterocycles. The molecule has 0 aliphatic carbocycles. The lowest BCUT2D eigenvalue weighted by atomic mass is 10.2. The van der Waals surface area contributed by atoms with Crippen LogP contribution in [0.15, 0.2) is 42.6 Å². The number of aliphatic hydroxyl groups is 1. The van der Waals surface area contributed by atoms with E-state index in [2.05, 4.69) is 17.2 Å². The fourth-order valence-corrected chi connectivity index (χ4v) is 1.72. The van der Waals surface area contributed by atoms with Crippen LogP contribution in [0, 0.1) is 11.8 Å². The van der Waals surface area contributed by atoms with Gasteiger partial charge in [0.1, 0.15) is 12.3 Å². The van der Waals surface area contributed by atoms with Gasteiger partial charge in [-0.2, -0.15) is 0 Å². The van der Waals surface area contributed by atoms with Crippen LogP contribution in [0.5, 0.6) is 0 Å². The summed E-state index contributed by atoms with van der Waals surface area (Å²) in [5.74, 6) is 5.19. The molecule has 0 unspecified atom stereocenters. The van der Waals surface area contributed by atoms with E-state index in [0.717, 1.165) is 0 Å². The normalized spacial score (nSPS) is 9.58. The number of rotatable bonds is 2. The van der Waals surface area contributed by atoms with E-state index < -0.39 is 0 Å². The van der Waals surface area contributed by atoms with Crippen LogP contribution in [0.4, 0.5) is 5.69 Å². The van der Waals surface area contributed by atoms with Gasteiger partial charge in [-0.05, 0) is 24.3 Å². The predicted molar refractivity (Wildman–Crippen MR) is 73.8 cm³/mol. The van der Waals surface area contributed by atoms with Crippen LogP contribution in [0.25, 0.3) is 0 Å². The molecule has 2 aromatic rings. The first-order valence-corrected chi connectivity index (χ1v) is 5.84. The molecule has 0 atom stereocenters. The Morgan fingerprint density at radius 1 is 1.32 bits per heavy atom. The smallest absolute Gasteiger partial charge is 0.272 e. The second kappa shape index (κ2) is 5.89. The zero-order valence-corrected chi connectivity index (χ0v) is 10.6. The van der Waals surface area contributed by atoms with Crippen LogP contribution < -0.4 is 5.32 Å². The van der Waals surface area contributed by atoms with Crippen molar-refractivity contribution in [2.75, 3.05) is 11.9 Å². The van der Waals surface area contributed by atoms with Gasteiger partial charge in [-0.25, -0.2) is 0 Å². The Morgan fingerprint density at radius 3 is 2.79 bits per heavy atom. The molecule has 0 saturated carbocycles. The Bertz CT molecular complexity index is 647. The number of amides is 1. The Kier molecular flexibility index (Phi) is 4.01. The van der Waals surface area contributed by atoms with Gasteiger partial charge in [0.2, 0.25) is 0 Å². The van der Waals surface area contributed by atoms with Crippen LogP contribution in [0.2, 0.25) is 0 Å². The SMILES string of the molecule is Cn1cccc1C(=O)Nc1ccccc1C#CCO. The molecule has 2 N–H and O–H groups in total. The summed E-state index contributed by atoms with van der Waals surface area (Å²) in [5, 5.41) is 11.5. The number of aliphatic hydroxyl groups excluding tert-OH is 1. The van der Waals surface area contributed by atoms with Crippen molar-refractivity contribution >= 4 is 11.6 Å². The number of aryl methyl sites for hydroxylation is 1.